The van der Waals surface area contributed by atoms with Crippen LogP contribution in [0.3, 0.4) is 0 Å². The summed E-state index contributed by atoms with van der Waals surface area (Å²) in [6.07, 6.45) is 4.28. The first-order valence-corrected chi connectivity index (χ1v) is 7.47. The first-order valence-electron chi connectivity index (χ1n) is 6.08. The second kappa shape index (κ2) is 7.48. The lowest BCUT2D eigenvalue weighted by Crippen LogP contribution is -2.38. The van der Waals surface area contributed by atoms with Gasteiger partial charge in [0.15, 0.2) is 5.76 Å². The smallest absolute Gasteiger partial charge is 0.287 e. The summed E-state index contributed by atoms with van der Waals surface area (Å²) in [6, 6.07) is 1.60. The lowest BCUT2D eigenvalue weighted by atomic mass is 10.0. The SMILES string of the molecule is CSCCC(CO)NC(=O)c1occc1C(C)C. The van der Waals surface area contributed by atoms with Gasteiger partial charge in [-0.25, -0.2) is 0 Å². The highest BCUT2D eigenvalue weighted by Gasteiger charge is 2.20. The number of rotatable bonds is 7. The first-order chi connectivity index (χ1) is 8.60. The number of hydrogen-bond acceptors (Lipinski definition) is 4. The van der Waals surface area contributed by atoms with Gasteiger partial charge in [0.05, 0.1) is 18.9 Å². The minimum absolute atomic E-state index is 0.0516. The van der Waals surface area contributed by atoms with E-state index in [1.807, 2.05) is 26.2 Å². The van der Waals surface area contributed by atoms with Crippen LogP contribution in [0.2, 0.25) is 0 Å². The van der Waals surface area contributed by atoms with Crippen LogP contribution < -0.4 is 5.32 Å². The number of hydrogen-bond donors (Lipinski definition) is 2. The van der Waals surface area contributed by atoms with E-state index < -0.39 is 0 Å². The van der Waals surface area contributed by atoms with Crippen molar-refractivity contribution in [3.63, 3.8) is 0 Å². The van der Waals surface area contributed by atoms with E-state index in [-0.39, 0.29) is 24.5 Å². The summed E-state index contributed by atoms with van der Waals surface area (Å²) in [5, 5.41) is 12.0. The quantitative estimate of drug-likeness (QED) is 0.798. The van der Waals surface area contributed by atoms with Crippen molar-refractivity contribution in [2.75, 3.05) is 18.6 Å². The molecule has 5 heteroatoms. The van der Waals surface area contributed by atoms with E-state index >= 15 is 0 Å². The maximum absolute atomic E-state index is 12.0. The Bertz CT molecular complexity index is 376. The summed E-state index contributed by atoms with van der Waals surface area (Å²) < 4.78 is 5.24. The molecule has 1 amide bonds. The molecule has 0 saturated heterocycles. The average molecular weight is 271 g/mol. The molecular weight excluding hydrogens is 250 g/mol. The monoisotopic (exact) mass is 271 g/mol. The van der Waals surface area contributed by atoms with E-state index in [9.17, 15) is 9.90 Å². The van der Waals surface area contributed by atoms with Crippen LogP contribution in [-0.4, -0.2) is 35.7 Å². The van der Waals surface area contributed by atoms with Crippen LogP contribution in [0.15, 0.2) is 16.7 Å². The van der Waals surface area contributed by atoms with Gasteiger partial charge in [0.2, 0.25) is 0 Å². The number of carbonyl (C=O) groups excluding carboxylic acids is 1. The number of furan rings is 1. The predicted octanol–water partition coefficient (Wildman–Crippen LogP) is 2.25. The van der Waals surface area contributed by atoms with Gasteiger partial charge in [-0.1, -0.05) is 13.8 Å². The summed E-state index contributed by atoms with van der Waals surface area (Å²) >= 11 is 1.69. The standard InChI is InChI=1S/C13H21NO3S/c1-9(2)11-4-6-17-12(11)13(16)14-10(8-15)5-7-18-3/h4,6,9-10,15H,5,7-8H2,1-3H3,(H,14,16). The van der Waals surface area contributed by atoms with Crippen LogP contribution in [0, 0.1) is 0 Å². The molecule has 102 valence electrons. The summed E-state index contributed by atoms with van der Waals surface area (Å²) in [6.45, 7) is 3.97. The van der Waals surface area contributed by atoms with E-state index in [1.165, 1.54) is 6.26 Å². The second-order valence-electron chi connectivity index (χ2n) is 4.49. The van der Waals surface area contributed by atoms with Gasteiger partial charge < -0.3 is 14.8 Å². The lowest BCUT2D eigenvalue weighted by Gasteiger charge is -2.15. The van der Waals surface area contributed by atoms with E-state index in [1.54, 1.807) is 11.8 Å². The third-order valence-electron chi connectivity index (χ3n) is 2.75. The van der Waals surface area contributed by atoms with Gasteiger partial charge in [0, 0.05) is 5.56 Å². The first kappa shape index (κ1) is 15.1. The fourth-order valence-electron chi connectivity index (χ4n) is 1.68. The molecule has 1 aromatic heterocycles. The molecule has 1 unspecified atom stereocenters. The fourth-order valence-corrected chi connectivity index (χ4v) is 2.20. The van der Waals surface area contributed by atoms with Gasteiger partial charge in [-0.15, -0.1) is 0 Å². The van der Waals surface area contributed by atoms with Crippen LogP contribution in [0.1, 0.15) is 42.3 Å². The Hall–Kier alpha value is -0.940. The fraction of sp³-hybridized carbons (Fsp3) is 0.615. The Kier molecular flexibility index (Phi) is 6.29. The number of thioether (sulfide) groups is 1. The highest BCUT2D eigenvalue weighted by Crippen LogP contribution is 2.20. The molecule has 2 N–H and O–H groups in total. The molecule has 1 heterocycles. The summed E-state index contributed by atoms with van der Waals surface area (Å²) in [5.74, 6) is 1.25. The number of carbonyl (C=O) groups is 1. The average Bonchev–Trinajstić information content (AvgIpc) is 2.83. The normalized spacial score (nSPS) is 12.7. The van der Waals surface area contributed by atoms with Crippen molar-refractivity contribution in [1.82, 2.24) is 5.32 Å². The Balaban J connectivity index is 2.66. The molecule has 4 nitrogen and oxygen atoms in total. The summed E-state index contributed by atoms with van der Waals surface area (Å²) in [5.41, 5.74) is 0.897. The molecule has 0 saturated carbocycles. The zero-order chi connectivity index (χ0) is 13.5. The molecule has 0 aliphatic carbocycles. The number of aliphatic hydroxyl groups excluding tert-OH is 1. The van der Waals surface area contributed by atoms with E-state index in [2.05, 4.69) is 5.32 Å². The van der Waals surface area contributed by atoms with Gasteiger partial charge in [-0.2, -0.15) is 11.8 Å². The van der Waals surface area contributed by atoms with Crippen molar-refractivity contribution in [3.05, 3.63) is 23.7 Å². The van der Waals surface area contributed by atoms with Crippen LogP contribution in [0.25, 0.3) is 0 Å². The minimum atomic E-state index is -0.246. The van der Waals surface area contributed by atoms with Crippen molar-refractivity contribution in [1.29, 1.82) is 0 Å². The molecule has 0 bridgehead atoms. The molecule has 0 fully saturated rings. The zero-order valence-corrected chi connectivity index (χ0v) is 11.9. The largest absolute Gasteiger partial charge is 0.459 e. The number of nitrogens with one attached hydrogen (secondary N) is 1. The topological polar surface area (TPSA) is 62.5 Å². The minimum Gasteiger partial charge on any atom is -0.459 e. The molecule has 0 radical (unpaired) electrons. The van der Waals surface area contributed by atoms with Crippen LogP contribution >= 0.6 is 11.8 Å². The third kappa shape index (κ3) is 4.07. The highest BCUT2D eigenvalue weighted by atomic mass is 32.2. The molecule has 0 spiro atoms. The van der Waals surface area contributed by atoms with E-state index in [4.69, 9.17) is 4.42 Å². The van der Waals surface area contributed by atoms with Gasteiger partial charge in [-0.05, 0) is 30.4 Å². The Labute approximate surface area is 112 Å². The number of aliphatic hydroxyl groups is 1. The Morgan fingerprint density at radius 2 is 2.28 bits per heavy atom. The maximum Gasteiger partial charge on any atom is 0.287 e. The predicted molar refractivity (Wildman–Crippen MR) is 74.1 cm³/mol. The molecule has 0 aliphatic rings. The number of amides is 1. The van der Waals surface area contributed by atoms with Crippen molar-refractivity contribution >= 4 is 17.7 Å². The zero-order valence-electron chi connectivity index (χ0n) is 11.1. The Morgan fingerprint density at radius 1 is 1.56 bits per heavy atom. The van der Waals surface area contributed by atoms with Crippen molar-refractivity contribution in [3.8, 4) is 0 Å². The van der Waals surface area contributed by atoms with Gasteiger partial charge in [-0.3, -0.25) is 4.79 Å². The van der Waals surface area contributed by atoms with Crippen molar-refractivity contribution < 1.29 is 14.3 Å². The third-order valence-corrected chi connectivity index (χ3v) is 3.39. The van der Waals surface area contributed by atoms with E-state index in [0.29, 0.717) is 5.76 Å². The molecule has 18 heavy (non-hydrogen) atoms. The maximum atomic E-state index is 12.0. The van der Waals surface area contributed by atoms with Crippen molar-refractivity contribution in [2.24, 2.45) is 0 Å². The molecule has 0 aromatic carbocycles. The molecule has 0 aliphatic heterocycles. The van der Waals surface area contributed by atoms with E-state index in [0.717, 1.165) is 17.7 Å². The summed E-state index contributed by atoms with van der Waals surface area (Å²) in [4.78, 5) is 12.0. The van der Waals surface area contributed by atoms with Gasteiger partial charge >= 0.3 is 0 Å². The highest BCUT2D eigenvalue weighted by molar-refractivity contribution is 7.98. The van der Waals surface area contributed by atoms with Crippen LogP contribution in [0.5, 0.6) is 0 Å². The molecule has 1 aromatic rings. The van der Waals surface area contributed by atoms with Gasteiger partial charge in [0.25, 0.3) is 5.91 Å². The molecule has 1 rings (SSSR count). The Morgan fingerprint density at radius 3 is 2.83 bits per heavy atom. The summed E-state index contributed by atoms with van der Waals surface area (Å²) in [7, 11) is 0. The second-order valence-corrected chi connectivity index (χ2v) is 5.48. The van der Waals surface area contributed by atoms with Gasteiger partial charge in [0.1, 0.15) is 0 Å². The molecular formula is C13H21NO3S. The van der Waals surface area contributed by atoms with Crippen LogP contribution in [-0.2, 0) is 0 Å². The molecule has 1 atom stereocenters. The van der Waals surface area contributed by atoms with Crippen LogP contribution in [0.4, 0.5) is 0 Å². The van der Waals surface area contributed by atoms with Crippen molar-refractivity contribution in [2.45, 2.75) is 32.2 Å². The lowest BCUT2D eigenvalue weighted by molar-refractivity contribution is 0.0885.